The van der Waals surface area contributed by atoms with Gasteiger partial charge in [0.05, 0.1) is 0 Å². The molecule has 0 aromatic rings. The summed E-state index contributed by atoms with van der Waals surface area (Å²) in [6, 6.07) is 0. The quantitative estimate of drug-likeness (QED) is 0.496. The maximum absolute atomic E-state index is 3.88. The lowest BCUT2D eigenvalue weighted by Gasteiger charge is -2.10. The summed E-state index contributed by atoms with van der Waals surface area (Å²) in [7, 11) is 0. The molecule has 0 N–H and O–H groups in total. The first kappa shape index (κ1) is 8.48. The van der Waals surface area contributed by atoms with Gasteiger partial charge in [-0.2, -0.15) is 0 Å². The van der Waals surface area contributed by atoms with Crippen molar-refractivity contribution in [2.24, 2.45) is 5.92 Å². The van der Waals surface area contributed by atoms with Crippen molar-refractivity contribution < 1.29 is 0 Å². The first-order valence-electron chi connectivity index (χ1n) is 3.37. The minimum Gasteiger partial charge on any atom is -0.0995 e. The largest absolute Gasteiger partial charge is 0.0995 e. The Hall–Kier alpha value is -0.520. The Morgan fingerprint density at radius 3 is 2.00 bits per heavy atom. The zero-order valence-electron chi connectivity index (χ0n) is 6.86. The molecule has 0 bridgehead atoms. The minimum atomic E-state index is 0.551. The van der Waals surface area contributed by atoms with Crippen LogP contribution in [0.25, 0.3) is 0 Å². The number of hydrogen-bond donors (Lipinski definition) is 0. The topological polar surface area (TPSA) is 0 Å². The van der Waals surface area contributed by atoms with Crippen LogP contribution >= 0.6 is 0 Å². The van der Waals surface area contributed by atoms with Crippen molar-refractivity contribution in [2.75, 3.05) is 0 Å². The Labute approximate surface area is 58.3 Å². The van der Waals surface area contributed by atoms with E-state index in [0.29, 0.717) is 5.92 Å². The Morgan fingerprint density at radius 2 is 1.89 bits per heavy atom. The van der Waals surface area contributed by atoms with Crippen LogP contribution in [0.1, 0.15) is 27.7 Å². The molecule has 0 nitrogen and oxygen atoms in total. The van der Waals surface area contributed by atoms with Crippen molar-refractivity contribution in [2.45, 2.75) is 27.7 Å². The van der Waals surface area contributed by atoms with Gasteiger partial charge in [0.1, 0.15) is 0 Å². The molecule has 0 fully saturated rings. The molecule has 1 unspecified atom stereocenters. The zero-order valence-corrected chi connectivity index (χ0v) is 6.86. The lowest BCUT2D eigenvalue weighted by Crippen LogP contribution is -1.95. The maximum atomic E-state index is 3.88. The van der Waals surface area contributed by atoms with Gasteiger partial charge in [-0.25, -0.2) is 0 Å². The van der Waals surface area contributed by atoms with Crippen molar-refractivity contribution in [1.29, 1.82) is 0 Å². The highest BCUT2D eigenvalue weighted by Crippen LogP contribution is 2.16. The lowest BCUT2D eigenvalue weighted by atomic mass is 9.96. The van der Waals surface area contributed by atoms with E-state index in [0.717, 1.165) is 0 Å². The highest BCUT2D eigenvalue weighted by Gasteiger charge is 2.01. The van der Waals surface area contributed by atoms with E-state index in [1.54, 1.807) is 0 Å². The molecule has 1 atom stereocenters. The second-order valence-electron chi connectivity index (χ2n) is 2.60. The van der Waals surface area contributed by atoms with E-state index in [9.17, 15) is 0 Å². The summed E-state index contributed by atoms with van der Waals surface area (Å²) in [4.78, 5) is 0. The standard InChI is InChI=1S/C9H16/c1-6-8(4)9(5)7(2)3/h6,9H,2H2,1,3-5H3. The van der Waals surface area contributed by atoms with Crippen LogP contribution < -0.4 is 0 Å². The summed E-state index contributed by atoms with van der Waals surface area (Å²) in [5.41, 5.74) is 2.65. The molecular weight excluding hydrogens is 108 g/mol. The molecular formula is C9H16. The molecule has 0 spiro atoms. The molecule has 0 aliphatic rings. The minimum absolute atomic E-state index is 0.551. The summed E-state index contributed by atoms with van der Waals surface area (Å²) >= 11 is 0. The van der Waals surface area contributed by atoms with Gasteiger partial charge in [0.15, 0.2) is 0 Å². The molecule has 0 rings (SSSR count). The maximum Gasteiger partial charge on any atom is -0.00298 e. The summed E-state index contributed by atoms with van der Waals surface area (Å²) in [5, 5.41) is 0. The molecule has 0 aliphatic heterocycles. The van der Waals surface area contributed by atoms with E-state index in [2.05, 4.69) is 40.3 Å². The summed E-state index contributed by atoms with van der Waals surface area (Å²) in [6.45, 7) is 12.3. The second kappa shape index (κ2) is 3.49. The van der Waals surface area contributed by atoms with Gasteiger partial charge >= 0.3 is 0 Å². The van der Waals surface area contributed by atoms with Crippen LogP contribution in [0.2, 0.25) is 0 Å². The van der Waals surface area contributed by atoms with E-state index < -0.39 is 0 Å². The molecule has 0 aliphatic carbocycles. The smallest absolute Gasteiger partial charge is 0.00298 e. The highest BCUT2D eigenvalue weighted by atomic mass is 14.1. The summed E-state index contributed by atoms with van der Waals surface area (Å²) in [6.07, 6.45) is 2.14. The molecule has 0 heterocycles. The van der Waals surface area contributed by atoms with E-state index in [1.165, 1.54) is 11.1 Å². The number of hydrogen-bond acceptors (Lipinski definition) is 0. The second-order valence-corrected chi connectivity index (χ2v) is 2.60. The van der Waals surface area contributed by atoms with Crippen molar-refractivity contribution in [3.05, 3.63) is 23.8 Å². The molecule has 0 amide bonds. The van der Waals surface area contributed by atoms with Crippen LogP contribution in [-0.2, 0) is 0 Å². The van der Waals surface area contributed by atoms with E-state index >= 15 is 0 Å². The zero-order chi connectivity index (χ0) is 7.44. The summed E-state index contributed by atoms with van der Waals surface area (Å²) < 4.78 is 0. The third-order valence-electron chi connectivity index (χ3n) is 1.88. The van der Waals surface area contributed by atoms with Crippen LogP contribution in [0.4, 0.5) is 0 Å². The molecule has 9 heavy (non-hydrogen) atoms. The van der Waals surface area contributed by atoms with Crippen molar-refractivity contribution in [3.8, 4) is 0 Å². The monoisotopic (exact) mass is 124 g/mol. The first-order valence-corrected chi connectivity index (χ1v) is 3.37. The van der Waals surface area contributed by atoms with Gasteiger partial charge in [-0.05, 0) is 26.7 Å². The predicted octanol–water partition coefficient (Wildman–Crippen LogP) is 3.16. The molecule has 52 valence electrons. The fourth-order valence-electron chi connectivity index (χ4n) is 0.639. The molecule has 0 heteroatoms. The number of rotatable bonds is 2. The lowest BCUT2D eigenvalue weighted by molar-refractivity contribution is 0.802. The van der Waals surface area contributed by atoms with Crippen LogP contribution in [0.3, 0.4) is 0 Å². The third-order valence-corrected chi connectivity index (χ3v) is 1.88. The Kier molecular flexibility index (Phi) is 3.29. The average Bonchev–Trinajstić information content (AvgIpc) is 1.84. The van der Waals surface area contributed by atoms with Gasteiger partial charge in [0.25, 0.3) is 0 Å². The van der Waals surface area contributed by atoms with Gasteiger partial charge in [-0.1, -0.05) is 30.7 Å². The number of allylic oxidation sites excluding steroid dienone is 3. The Morgan fingerprint density at radius 1 is 1.44 bits per heavy atom. The molecule has 0 radical (unpaired) electrons. The van der Waals surface area contributed by atoms with Gasteiger partial charge in [0, 0.05) is 0 Å². The fourth-order valence-corrected chi connectivity index (χ4v) is 0.639. The first-order chi connectivity index (χ1) is 4.09. The third kappa shape index (κ3) is 2.50. The van der Waals surface area contributed by atoms with E-state index in [-0.39, 0.29) is 0 Å². The Balaban J connectivity index is 4.04. The van der Waals surface area contributed by atoms with Crippen molar-refractivity contribution >= 4 is 0 Å². The van der Waals surface area contributed by atoms with E-state index in [1.807, 2.05) is 0 Å². The molecule has 0 aromatic heterocycles. The van der Waals surface area contributed by atoms with Gasteiger partial charge < -0.3 is 0 Å². The average molecular weight is 124 g/mol. The highest BCUT2D eigenvalue weighted by molar-refractivity contribution is 5.13. The van der Waals surface area contributed by atoms with Crippen LogP contribution in [0, 0.1) is 5.92 Å². The Bertz CT molecular complexity index is 129. The van der Waals surface area contributed by atoms with Gasteiger partial charge in [-0.15, -0.1) is 0 Å². The molecule has 0 saturated carbocycles. The predicted molar refractivity (Wildman–Crippen MR) is 43.4 cm³/mol. The molecule has 0 saturated heterocycles. The fraction of sp³-hybridized carbons (Fsp3) is 0.556. The van der Waals surface area contributed by atoms with Crippen molar-refractivity contribution in [1.82, 2.24) is 0 Å². The van der Waals surface area contributed by atoms with Gasteiger partial charge in [0.2, 0.25) is 0 Å². The van der Waals surface area contributed by atoms with Crippen LogP contribution in [0.15, 0.2) is 23.8 Å². The van der Waals surface area contributed by atoms with Crippen LogP contribution in [-0.4, -0.2) is 0 Å². The van der Waals surface area contributed by atoms with Crippen molar-refractivity contribution in [3.63, 3.8) is 0 Å². The van der Waals surface area contributed by atoms with Gasteiger partial charge in [-0.3, -0.25) is 0 Å². The SMILES string of the molecule is C=C(C)C(C)C(C)=CC. The van der Waals surface area contributed by atoms with Crippen LogP contribution in [0.5, 0.6) is 0 Å². The normalized spacial score (nSPS) is 15.3. The van der Waals surface area contributed by atoms with E-state index in [4.69, 9.17) is 0 Å². The molecule has 0 aromatic carbocycles. The summed E-state index contributed by atoms with van der Waals surface area (Å²) in [5.74, 6) is 0.551.